The first-order chi connectivity index (χ1) is 13.5. The molecule has 2 aromatic carbocycles. The predicted molar refractivity (Wildman–Crippen MR) is 127 cm³/mol. The van der Waals surface area contributed by atoms with Gasteiger partial charge in [-0.3, -0.25) is 0 Å². The van der Waals surface area contributed by atoms with Gasteiger partial charge in [-0.1, -0.05) is 69.3 Å². The molecule has 0 aliphatic carbocycles. The van der Waals surface area contributed by atoms with E-state index in [1.807, 2.05) is 25.2 Å². The third kappa shape index (κ3) is 9.92. The average Bonchev–Trinajstić information content (AvgIpc) is 2.70. The van der Waals surface area contributed by atoms with E-state index in [0.717, 1.165) is 0 Å². The zero-order valence-corrected chi connectivity index (χ0v) is 18.2. The number of benzene rings is 2. The Morgan fingerprint density at radius 3 is 1.41 bits per heavy atom. The summed E-state index contributed by atoms with van der Waals surface area (Å²) in [6.07, 6.45) is 2.24. The Hall–Kier alpha value is -2.63. The molecule has 0 radical (unpaired) electrons. The molecule has 0 atom stereocenters. The van der Waals surface area contributed by atoms with E-state index in [0.29, 0.717) is 0 Å². The van der Waals surface area contributed by atoms with Gasteiger partial charge in [-0.15, -0.1) is 12.6 Å². The minimum atomic E-state index is -3.11. The highest BCUT2D eigenvalue weighted by Crippen LogP contribution is 2.34. The van der Waals surface area contributed by atoms with Crippen LogP contribution in [-0.4, -0.2) is 12.6 Å². The summed E-state index contributed by atoms with van der Waals surface area (Å²) >= 11 is 1.84. The van der Waals surface area contributed by atoms with E-state index in [9.17, 15) is 0 Å². The lowest BCUT2D eigenvalue weighted by atomic mass is 10.1. The summed E-state index contributed by atoms with van der Waals surface area (Å²) in [5.74, 6) is 0. The summed E-state index contributed by atoms with van der Waals surface area (Å²) in [6.45, 7) is 8.28. The maximum absolute atomic E-state index is 8.44. The number of hydrogen-bond donors (Lipinski definition) is 0. The van der Waals surface area contributed by atoms with Crippen molar-refractivity contribution in [1.29, 1.82) is 0 Å². The third-order valence-corrected chi connectivity index (χ3v) is 4.53. The molecule has 0 saturated carbocycles. The predicted octanol–water partition coefficient (Wildman–Crippen LogP) is 7.44. The van der Waals surface area contributed by atoms with Gasteiger partial charge in [-0.25, -0.2) is 0 Å². The SMILES string of the molecule is C.CC.CC(C)=Cc1cc(-c2ccccc2)[s+]c(-c2ccccc2)c1.O=S(=O)=O. The Bertz CT molecular complexity index is 927. The van der Waals surface area contributed by atoms with Crippen LogP contribution < -0.4 is 0 Å². The van der Waals surface area contributed by atoms with E-state index in [-0.39, 0.29) is 7.43 Å². The average molecular weight is 430 g/mol. The van der Waals surface area contributed by atoms with Gasteiger partial charge in [0.2, 0.25) is 21.1 Å². The van der Waals surface area contributed by atoms with E-state index in [1.54, 1.807) is 0 Å². The third-order valence-electron chi connectivity index (χ3n) is 3.39. The lowest BCUT2D eigenvalue weighted by Gasteiger charge is -1.99. The second-order valence-electron chi connectivity index (χ2n) is 5.78. The maximum Gasteiger partial charge on any atom is 0.425 e. The van der Waals surface area contributed by atoms with Crippen molar-refractivity contribution >= 4 is 28.0 Å². The highest BCUT2D eigenvalue weighted by atomic mass is 32.2. The van der Waals surface area contributed by atoms with Crippen molar-refractivity contribution in [3.05, 3.63) is 83.9 Å². The molecule has 3 rings (SSSR count). The van der Waals surface area contributed by atoms with Crippen molar-refractivity contribution in [3.8, 4) is 20.9 Å². The largest absolute Gasteiger partial charge is 0.425 e. The van der Waals surface area contributed by atoms with Crippen LogP contribution in [0.3, 0.4) is 0 Å². The van der Waals surface area contributed by atoms with Gasteiger partial charge in [-0.05, 0) is 43.7 Å². The molecule has 0 saturated heterocycles. The number of hydrogen-bond acceptors (Lipinski definition) is 3. The number of rotatable bonds is 3. The quantitative estimate of drug-likeness (QED) is 0.406. The van der Waals surface area contributed by atoms with Crippen LogP contribution in [0.1, 0.15) is 40.7 Å². The molecule has 5 heteroatoms. The highest BCUT2D eigenvalue weighted by molar-refractivity contribution is 7.59. The lowest BCUT2D eigenvalue weighted by Crippen LogP contribution is -1.82. The Labute approximate surface area is 180 Å². The van der Waals surface area contributed by atoms with Crippen molar-refractivity contribution in [3.63, 3.8) is 0 Å². The monoisotopic (exact) mass is 429 g/mol. The Morgan fingerprint density at radius 1 is 0.759 bits per heavy atom. The van der Waals surface area contributed by atoms with Gasteiger partial charge in [0.25, 0.3) is 0 Å². The summed E-state index contributed by atoms with van der Waals surface area (Å²) in [5.41, 5.74) is 5.12. The van der Waals surface area contributed by atoms with E-state index in [2.05, 4.69) is 92.7 Å². The molecule has 0 aliphatic rings. The van der Waals surface area contributed by atoms with E-state index in [4.69, 9.17) is 12.6 Å². The van der Waals surface area contributed by atoms with E-state index < -0.39 is 10.6 Å². The van der Waals surface area contributed by atoms with E-state index >= 15 is 0 Å². The normalized spacial score (nSPS) is 8.83. The zero-order valence-electron chi connectivity index (χ0n) is 16.5. The van der Waals surface area contributed by atoms with Crippen molar-refractivity contribution in [2.24, 2.45) is 0 Å². The zero-order chi connectivity index (χ0) is 20.9. The molecule has 29 heavy (non-hydrogen) atoms. The summed E-state index contributed by atoms with van der Waals surface area (Å²) in [7, 11) is -3.11. The highest BCUT2D eigenvalue weighted by Gasteiger charge is 2.17. The van der Waals surface area contributed by atoms with Gasteiger partial charge in [0, 0.05) is 23.3 Å². The molecule has 3 aromatic rings. The second kappa shape index (κ2) is 14.4. The molecule has 1 aromatic heterocycles. The molecule has 154 valence electrons. The molecule has 0 fully saturated rings. The molecule has 0 N–H and O–H groups in total. The Kier molecular flexibility index (Phi) is 13.1. The van der Waals surface area contributed by atoms with Crippen LogP contribution in [0.2, 0.25) is 0 Å². The molecule has 0 spiro atoms. The molecule has 0 unspecified atom stereocenters. The first-order valence-electron chi connectivity index (χ1n) is 8.96. The van der Waals surface area contributed by atoms with E-state index in [1.165, 1.54) is 32.0 Å². The lowest BCUT2D eigenvalue weighted by molar-refractivity contribution is 0.559. The molecular weight excluding hydrogens is 400 g/mol. The van der Waals surface area contributed by atoms with Crippen molar-refractivity contribution in [2.75, 3.05) is 0 Å². The fraction of sp³-hybridized carbons (Fsp3) is 0.208. The van der Waals surface area contributed by atoms with Gasteiger partial charge < -0.3 is 0 Å². The van der Waals surface area contributed by atoms with Gasteiger partial charge in [0.05, 0.1) is 0 Å². The summed E-state index contributed by atoms with van der Waals surface area (Å²) in [4.78, 5) is 2.60. The van der Waals surface area contributed by atoms with Crippen LogP contribution in [0.15, 0.2) is 78.4 Å². The summed E-state index contributed by atoms with van der Waals surface area (Å²) in [6, 6.07) is 25.8. The fourth-order valence-electron chi connectivity index (χ4n) is 2.43. The topological polar surface area (TPSA) is 51.2 Å². The van der Waals surface area contributed by atoms with Gasteiger partial charge in [-0.2, -0.15) is 0 Å². The number of allylic oxidation sites excluding steroid dienone is 1. The van der Waals surface area contributed by atoms with Crippen molar-refractivity contribution in [2.45, 2.75) is 35.1 Å². The minimum absolute atomic E-state index is 0. The smallest absolute Gasteiger partial charge is 0.142 e. The summed E-state index contributed by atoms with van der Waals surface area (Å²) < 4.78 is 25.3. The van der Waals surface area contributed by atoms with Crippen LogP contribution in [0, 0.1) is 0 Å². The molecule has 0 bridgehead atoms. The summed E-state index contributed by atoms with van der Waals surface area (Å²) in [5, 5.41) is 0. The van der Waals surface area contributed by atoms with Gasteiger partial charge >= 0.3 is 10.6 Å². The Balaban J connectivity index is 0.00000100. The maximum atomic E-state index is 8.44. The standard InChI is InChI=1S/C21H19S.C2H6.CH4.O3S/c1-16(2)13-17-14-20(18-9-5-3-6-10-18)22-21(15-17)19-11-7-4-8-12-19;1-2;;1-4(2)3/h3-15H,1-2H3;1-2H3;1H4;/q+1;;;. The van der Waals surface area contributed by atoms with Crippen molar-refractivity contribution < 1.29 is 12.6 Å². The van der Waals surface area contributed by atoms with Crippen LogP contribution in [0.5, 0.6) is 0 Å². The first kappa shape index (κ1) is 26.4. The minimum Gasteiger partial charge on any atom is -0.142 e. The molecule has 0 aliphatic heterocycles. The molecular formula is C24H29O3S2+. The van der Waals surface area contributed by atoms with Gasteiger partial charge in [0.15, 0.2) is 0 Å². The fourth-order valence-corrected chi connectivity index (χ4v) is 3.56. The second-order valence-corrected chi connectivity index (χ2v) is 7.27. The van der Waals surface area contributed by atoms with Gasteiger partial charge in [0.1, 0.15) is 0 Å². The van der Waals surface area contributed by atoms with Crippen molar-refractivity contribution in [1.82, 2.24) is 0 Å². The molecule has 1 heterocycles. The van der Waals surface area contributed by atoms with Crippen LogP contribution in [0.4, 0.5) is 0 Å². The van der Waals surface area contributed by atoms with Crippen LogP contribution in [-0.2, 0) is 10.6 Å². The molecule has 0 amide bonds. The van der Waals surface area contributed by atoms with Crippen LogP contribution >= 0.6 is 11.3 Å². The first-order valence-corrected chi connectivity index (χ1v) is 10.8. The van der Waals surface area contributed by atoms with Crippen LogP contribution in [0.25, 0.3) is 27.0 Å². The Morgan fingerprint density at radius 2 is 1.10 bits per heavy atom. The molecule has 3 nitrogen and oxygen atoms in total.